The third-order valence-corrected chi connectivity index (χ3v) is 5.70. The first-order valence-corrected chi connectivity index (χ1v) is 9.84. The molecule has 0 aliphatic heterocycles. The Morgan fingerprint density at radius 3 is 2.31 bits per heavy atom. The van der Waals surface area contributed by atoms with Gasteiger partial charge in [0, 0.05) is 18.3 Å². The minimum atomic E-state index is -4.09. The Morgan fingerprint density at radius 1 is 1.03 bits per heavy atom. The maximum absolute atomic E-state index is 13.1. The number of anilines is 2. The summed E-state index contributed by atoms with van der Waals surface area (Å²) in [7, 11) is -4.09. The van der Waals surface area contributed by atoms with E-state index in [0.29, 0.717) is 5.69 Å². The number of carbonyl (C=O) groups excluding carboxylic acids is 1. The highest BCUT2D eigenvalue weighted by Gasteiger charge is 2.27. The standard InChI is InChI=1S/C19H16N4O5S/c24-19(21-15-5-4-12-20-13-15)14-22(16-8-10-17(11-9-16)23(25)26)29(27,28)18-6-2-1-3-7-18/h1-13H,14H2,(H,21,24). The minimum Gasteiger partial charge on any atom is -0.323 e. The Kier molecular flexibility index (Phi) is 5.84. The maximum atomic E-state index is 13.1. The molecule has 9 nitrogen and oxygen atoms in total. The molecule has 29 heavy (non-hydrogen) atoms. The van der Waals surface area contributed by atoms with E-state index in [9.17, 15) is 23.3 Å². The molecule has 0 atom stereocenters. The van der Waals surface area contributed by atoms with Crippen molar-refractivity contribution in [2.45, 2.75) is 4.90 Å². The van der Waals surface area contributed by atoms with Crippen molar-refractivity contribution in [2.24, 2.45) is 0 Å². The zero-order valence-corrected chi connectivity index (χ0v) is 15.8. The van der Waals surface area contributed by atoms with Gasteiger partial charge < -0.3 is 5.32 Å². The van der Waals surface area contributed by atoms with E-state index in [1.54, 1.807) is 36.5 Å². The fraction of sp³-hybridized carbons (Fsp3) is 0.0526. The van der Waals surface area contributed by atoms with Crippen LogP contribution in [0.5, 0.6) is 0 Å². The van der Waals surface area contributed by atoms with Gasteiger partial charge in [0.05, 0.1) is 27.4 Å². The highest BCUT2D eigenvalue weighted by Crippen LogP contribution is 2.25. The lowest BCUT2D eigenvalue weighted by molar-refractivity contribution is -0.384. The Hall–Kier alpha value is -3.79. The van der Waals surface area contributed by atoms with Crippen molar-refractivity contribution < 1.29 is 18.1 Å². The number of non-ortho nitro benzene ring substituents is 1. The summed E-state index contributed by atoms with van der Waals surface area (Å²) in [6.45, 7) is -0.524. The average Bonchev–Trinajstić information content (AvgIpc) is 2.73. The van der Waals surface area contributed by atoms with Crippen LogP contribution in [0.4, 0.5) is 17.1 Å². The highest BCUT2D eigenvalue weighted by molar-refractivity contribution is 7.92. The van der Waals surface area contributed by atoms with E-state index in [-0.39, 0.29) is 16.3 Å². The Labute approximate surface area is 166 Å². The first-order chi connectivity index (χ1) is 13.9. The summed E-state index contributed by atoms with van der Waals surface area (Å²) < 4.78 is 27.2. The van der Waals surface area contributed by atoms with Crippen LogP contribution in [-0.4, -0.2) is 30.8 Å². The third kappa shape index (κ3) is 4.74. The molecular formula is C19H16N4O5S. The fourth-order valence-electron chi connectivity index (χ4n) is 2.54. The molecule has 0 bridgehead atoms. The zero-order chi connectivity index (χ0) is 20.9. The molecule has 3 aromatic rings. The van der Waals surface area contributed by atoms with Crippen LogP contribution in [0, 0.1) is 10.1 Å². The third-order valence-electron chi connectivity index (χ3n) is 3.91. The molecule has 0 radical (unpaired) electrons. The molecule has 1 heterocycles. The second-order valence-corrected chi connectivity index (χ2v) is 7.75. The van der Waals surface area contributed by atoms with Crippen molar-refractivity contribution in [3.63, 3.8) is 0 Å². The number of nitrogens with zero attached hydrogens (tertiary/aromatic N) is 3. The summed E-state index contributed by atoms with van der Waals surface area (Å²) in [6, 6.07) is 15.8. The number of amides is 1. The molecule has 0 spiro atoms. The number of hydrogen-bond acceptors (Lipinski definition) is 6. The van der Waals surface area contributed by atoms with Gasteiger partial charge in [-0.15, -0.1) is 0 Å². The highest BCUT2D eigenvalue weighted by atomic mass is 32.2. The normalized spacial score (nSPS) is 10.9. The maximum Gasteiger partial charge on any atom is 0.269 e. The number of aromatic nitrogens is 1. The number of benzene rings is 2. The average molecular weight is 412 g/mol. The molecule has 148 valence electrons. The van der Waals surface area contributed by atoms with Crippen molar-refractivity contribution >= 4 is 33.0 Å². The lowest BCUT2D eigenvalue weighted by atomic mass is 10.3. The van der Waals surface area contributed by atoms with Gasteiger partial charge in [0.25, 0.3) is 15.7 Å². The molecule has 1 N–H and O–H groups in total. The summed E-state index contributed by atoms with van der Waals surface area (Å²) in [5, 5.41) is 13.5. The Morgan fingerprint density at radius 2 is 1.72 bits per heavy atom. The Bertz CT molecular complexity index is 1100. The van der Waals surface area contributed by atoms with Crippen molar-refractivity contribution in [3.8, 4) is 0 Å². The van der Waals surface area contributed by atoms with Gasteiger partial charge in [-0.2, -0.15) is 0 Å². The molecule has 0 saturated heterocycles. The number of nitrogens with one attached hydrogen (secondary N) is 1. The molecule has 0 aliphatic carbocycles. The van der Waals surface area contributed by atoms with Gasteiger partial charge in [-0.25, -0.2) is 8.42 Å². The summed E-state index contributed by atoms with van der Waals surface area (Å²) in [6.07, 6.45) is 2.97. The van der Waals surface area contributed by atoms with Gasteiger partial charge in [-0.1, -0.05) is 18.2 Å². The minimum absolute atomic E-state index is 0.00692. The largest absolute Gasteiger partial charge is 0.323 e. The number of nitro groups is 1. The van der Waals surface area contributed by atoms with Gasteiger partial charge in [0.1, 0.15) is 6.54 Å². The van der Waals surface area contributed by atoms with Gasteiger partial charge in [0.15, 0.2) is 0 Å². The van der Waals surface area contributed by atoms with E-state index in [2.05, 4.69) is 10.3 Å². The molecule has 10 heteroatoms. The van der Waals surface area contributed by atoms with Crippen LogP contribution >= 0.6 is 0 Å². The number of nitro benzene ring substituents is 1. The molecule has 2 aromatic carbocycles. The van der Waals surface area contributed by atoms with Crippen LogP contribution < -0.4 is 9.62 Å². The number of hydrogen-bond donors (Lipinski definition) is 1. The van der Waals surface area contributed by atoms with Gasteiger partial charge in [0.2, 0.25) is 5.91 Å². The predicted octanol–water partition coefficient (Wildman–Crippen LogP) is 2.82. The van der Waals surface area contributed by atoms with Crippen LogP contribution in [-0.2, 0) is 14.8 Å². The molecule has 0 aliphatic rings. The summed E-state index contributed by atoms with van der Waals surface area (Å²) in [5.74, 6) is -0.587. The molecule has 0 saturated carbocycles. The van der Waals surface area contributed by atoms with Gasteiger partial charge in [-0.3, -0.25) is 24.2 Å². The number of carbonyl (C=O) groups is 1. The summed E-state index contributed by atoms with van der Waals surface area (Å²) >= 11 is 0. The smallest absolute Gasteiger partial charge is 0.269 e. The molecular weight excluding hydrogens is 396 g/mol. The topological polar surface area (TPSA) is 123 Å². The van der Waals surface area contributed by atoms with Crippen LogP contribution in [0.1, 0.15) is 0 Å². The SMILES string of the molecule is O=C(CN(c1ccc([N+](=O)[O-])cc1)S(=O)(=O)c1ccccc1)Nc1cccnc1. The second kappa shape index (κ2) is 8.48. The number of rotatable bonds is 7. The first-order valence-electron chi connectivity index (χ1n) is 8.40. The van der Waals surface area contributed by atoms with Crippen LogP contribution in [0.15, 0.2) is 84.0 Å². The van der Waals surface area contributed by atoms with Gasteiger partial charge in [-0.05, 0) is 36.4 Å². The zero-order valence-electron chi connectivity index (χ0n) is 15.0. The van der Waals surface area contributed by atoms with Crippen molar-refractivity contribution in [2.75, 3.05) is 16.2 Å². The monoisotopic (exact) mass is 412 g/mol. The van der Waals surface area contributed by atoms with E-state index in [1.165, 1.54) is 42.6 Å². The fourth-order valence-corrected chi connectivity index (χ4v) is 3.99. The van der Waals surface area contributed by atoms with Crippen LogP contribution in [0.2, 0.25) is 0 Å². The van der Waals surface area contributed by atoms with Crippen molar-refractivity contribution in [1.29, 1.82) is 0 Å². The molecule has 0 unspecified atom stereocenters. The first kappa shape index (κ1) is 20.0. The van der Waals surface area contributed by atoms with Gasteiger partial charge >= 0.3 is 0 Å². The summed E-state index contributed by atoms with van der Waals surface area (Å²) in [5.41, 5.74) is 0.352. The van der Waals surface area contributed by atoms with Crippen molar-refractivity contribution in [1.82, 2.24) is 4.98 Å². The van der Waals surface area contributed by atoms with E-state index >= 15 is 0 Å². The van der Waals surface area contributed by atoms with E-state index in [4.69, 9.17) is 0 Å². The predicted molar refractivity (Wildman–Crippen MR) is 107 cm³/mol. The molecule has 1 aromatic heterocycles. The van der Waals surface area contributed by atoms with Crippen LogP contribution in [0.25, 0.3) is 0 Å². The second-order valence-electron chi connectivity index (χ2n) is 5.89. The van der Waals surface area contributed by atoms with E-state index in [0.717, 1.165) is 4.31 Å². The number of pyridine rings is 1. The quantitative estimate of drug-likeness (QED) is 0.470. The lowest BCUT2D eigenvalue weighted by Crippen LogP contribution is -2.38. The van der Waals surface area contributed by atoms with Crippen LogP contribution in [0.3, 0.4) is 0 Å². The molecule has 1 amide bonds. The van der Waals surface area contributed by atoms with E-state index in [1.807, 2.05) is 0 Å². The molecule has 0 fully saturated rings. The van der Waals surface area contributed by atoms with Crippen molar-refractivity contribution in [3.05, 3.63) is 89.2 Å². The Balaban J connectivity index is 1.95. The lowest BCUT2D eigenvalue weighted by Gasteiger charge is -2.24. The number of sulfonamides is 1. The van der Waals surface area contributed by atoms with E-state index < -0.39 is 27.4 Å². The molecule has 3 rings (SSSR count). The summed E-state index contributed by atoms with van der Waals surface area (Å²) in [4.78, 5) is 26.7.